The van der Waals surface area contributed by atoms with Crippen LogP contribution in [0.15, 0.2) is 30.3 Å². The van der Waals surface area contributed by atoms with Gasteiger partial charge in [-0.25, -0.2) is 4.39 Å². The summed E-state index contributed by atoms with van der Waals surface area (Å²) in [6, 6.07) is 10.8. The molecule has 2 aromatic rings. The van der Waals surface area contributed by atoms with E-state index in [2.05, 4.69) is 6.07 Å². The highest BCUT2D eigenvalue weighted by Gasteiger charge is 2.13. The summed E-state index contributed by atoms with van der Waals surface area (Å²) < 4.78 is 19.3. The monoisotopic (exact) mass is 255 g/mol. The van der Waals surface area contributed by atoms with Crippen molar-refractivity contribution in [3.05, 3.63) is 52.8 Å². The van der Waals surface area contributed by atoms with Gasteiger partial charge in [-0.1, -0.05) is 18.2 Å². The first-order valence-electron chi connectivity index (χ1n) is 5.92. The number of hydrogen-bond acceptors (Lipinski definition) is 2. The molecule has 0 heterocycles. The van der Waals surface area contributed by atoms with Crippen molar-refractivity contribution in [3.8, 4) is 22.9 Å². The zero-order chi connectivity index (χ0) is 14.0. The lowest BCUT2D eigenvalue weighted by Gasteiger charge is -2.11. The highest BCUT2D eigenvalue weighted by Crippen LogP contribution is 2.31. The van der Waals surface area contributed by atoms with Crippen molar-refractivity contribution in [3.63, 3.8) is 0 Å². The fraction of sp³-hybridized carbons (Fsp3) is 0.188. The first-order chi connectivity index (χ1) is 9.08. The van der Waals surface area contributed by atoms with Gasteiger partial charge in [0, 0.05) is 5.56 Å². The Hall–Kier alpha value is -2.34. The normalized spacial score (nSPS) is 10.1. The Morgan fingerprint density at radius 1 is 1.16 bits per heavy atom. The molecule has 0 aromatic heterocycles. The Labute approximate surface area is 112 Å². The van der Waals surface area contributed by atoms with Crippen LogP contribution >= 0.6 is 0 Å². The predicted molar refractivity (Wildman–Crippen MR) is 72.6 cm³/mol. The number of halogens is 1. The Kier molecular flexibility index (Phi) is 3.52. The number of nitrogens with zero attached hydrogens (tertiary/aromatic N) is 1. The molecule has 19 heavy (non-hydrogen) atoms. The number of benzene rings is 2. The van der Waals surface area contributed by atoms with Crippen LogP contribution in [0.3, 0.4) is 0 Å². The van der Waals surface area contributed by atoms with Gasteiger partial charge in [0.05, 0.1) is 12.7 Å². The van der Waals surface area contributed by atoms with Gasteiger partial charge >= 0.3 is 0 Å². The molecule has 2 aromatic carbocycles. The molecule has 0 bridgehead atoms. The molecule has 0 radical (unpaired) electrons. The lowest BCUT2D eigenvalue weighted by Crippen LogP contribution is -1.95. The molecule has 0 spiro atoms. The maximum atomic E-state index is 14.1. The van der Waals surface area contributed by atoms with E-state index in [1.54, 1.807) is 31.2 Å². The van der Waals surface area contributed by atoms with Gasteiger partial charge in [-0.15, -0.1) is 0 Å². The molecule has 0 saturated heterocycles. The fourth-order valence-electron chi connectivity index (χ4n) is 2.15. The molecule has 3 heteroatoms. The molecule has 96 valence electrons. The molecular formula is C16H14FNO. The van der Waals surface area contributed by atoms with Gasteiger partial charge in [-0.3, -0.25) is 0 Å². The average molecular weight is 255 g/mol. The largest absolute Gasteiger partial charge is 0.495 e. The minimum atomic E-state index is -0.254. The summed E-state index contributed by atoms with van der Waals surface area (Å²) in [6.07, 6.45) is 0. The second-order valence-corrected chi connectivity index (χ2v) is 4.42. The molecule has 0 aliphatic heterocycles. The van der Waals surface area contributed by atoms with Gasteiger partial charge in [0.1, 0.15) is 17.6 Å². The lowest BCUT2D eigenvalue weighted by atomic mass is 9.98. The van der Waals surface area contributed by atoms with E-state index in [9.17, 15) is 4.39 Å². The summed E-state index contributed by atoms with van der Waals surface area (Å²) in [5.74, 6) is 0.287. The summed E-state index contributed by atoms with van der Waals surface area (Å²) >= 11 is 0. The van der Waals surface area contributed by atoms with E-state index in [-0.39, 0.29) is 5.82 Å². The summed E-state index contributed by atoms with van der Waals surface area (Å²) in [5.41, 5.74) is 3.01. The second kappa shape index (κ2) is 5.11. The van der Waals surface area contributed by atoms with Gasteiger partial charge < -0.3 is 4.74 Å². The fourth-order valence-corrected chi connectivity index (χ4v) is 2.15. The van der Waals surface area contributed by atoms with Crippen LogP contribution in [-0.2, 0) is 0 Å². The smallest absolute Gasteiger partial charge is 0.139 e. The molecule has 2 rings (SSSR count). The zero-order valence-electron chi connectivity index (χ0n) is 11.1. The highest BCUT2D eigenvalue weighted by molar-refractivity contribution is 5.70. The lowest BCUT2D eigenvalue weighted by molar-refractivity contribution is 0.410. The quantitative estimate of drug-likeness (QED) is 0.812. The molecule has 0 fully saturated rings. The Bertz CT molecular complexity index is 671. The van der Waals surface area contributed by atoms with Crippen LogP contribution in [-0.4, -0.2) is 7.11 Å². The van der Waals surface area contributed by atoms with Crippen molar-refractivity contribution in [1.29, 1.82) is 5.26 Å². The number of aryl methyl sites for hydroxylation is 2. The topological polar surface area (TPSA) is 33.0 Å². The standard InChI is InChI=1S/C16H14FNO/c1-10-5-4-6-14(15(10)17)12-7-11(2)16(19-3)13(8-12)9-18/h4-8H,1-3H3. The Morgan fingerprint density at radius 2 is 1.89 bits per heavy atom. The van der Waals surface area contributed by atoms with Gasteiger partial charge in [-0.2, -0.15) is 5.26 Å². The van der Waals surface area contributed by atoms with Gasteiger partial charge in [0.15, 0.2) is 0 Å². The van der Waals surface area contributed by atoms with Crippen LogP contribution in [0.5, 0.6) is 5.75 Å². The average Bonchev–Trinajstić information content (AvgIpc) is 2.40. The summed E-state index contributed by atoms with van der Waals surface area (Å²) in [7, 11) is 1.52. The first-order valence-corrected chi connectivity index (χ1v) is 5.92. The number of ether oxygens (including phenoxy) is 1. The van der Waals surface area contributed by atoms with E-state index >= 15 is 0 Å². The summed E-state index contributed by atoms with van der Waals surface area (Å²) in [5, 5.41) is 9.15. The van der Waals surface area contributed by atoms with Crippen LogP contribution in [0.1, 0.15) is 16.7 Å². The number of rotatable bonds is 2. The van der Waals surface area contributed by atoms with Crippen molar-refractivity contribution >= 4 is 0 Å². The zero-order valence-corrected chi connectivity index (χ0v) is 11.1. The van der Waals surface area contributed by atoms with E-state index in [0.29, 0.717) is 28.0 Å². The molecule has 0 unspecified atom stereocenters. The first kappa shape index (κ1) is 13.1. The molecule has 0 atom stereocenters. The Morgan fingerprint density at radius 3 is 2.53 bits per heavy atom. The third-order valence-corrected chi connectivity index (χ3v) is 3.10. The molecular weight excluding hydrogens is 241 g/mol. The van der Waals surface area contributed by atoms with Crippen molar-refractivity contribution in [1.82, 2.24) is 0 Å². The third-order valence-electron chi connectivity index (χ3n) is 3.10. The molecule has 0 N–H and O–H groups in total. The van der Waals surface area contributed by atoms with Gasteiger partial charge in [-0.05, 0) is 42.7 Å². The Balaban J connectivity index is 2.68. The third kappa shape index (κ3) is 2.30. The van der Waals surface area contributed by atoms with E-state index in [1.807, 2.05) is 13.0 Å². The number of nitriles is 1. The van der Waals surface area contributed by atoms with Crippen LogP contribution in [0.4, 0.5) is 4.39 Å². The minimum Gasteiger partial charge on any atom is -0.495 e. The molecule has 0 amide bonds. The van der Waals surface area contributed by atoms with Crippen LogP contribution in [0.2, 0.25) is 0 Å². The number of methoxy groups -OCH3 is 1. The van der Waals surface area contributed by atoms with Crippen molar-refractivity contribution in [2.45, 2.75) is 13.8 Å². The molecule has 2 nitrogen and oxygen atoms in total. The molecule has 0 aliphatic rings. The molecule has 0 aliphatic carbocycles. The predicted octanol–water partition coefficient (Wildman–Crippen LogP) is 3.99. The highest BCUT2D eigenvalue weighted by atomic mass is 19.1. The summed E-state index contributed by atoms with van der Waals surface area (Å²) in [6.45, 7) is 3.57. The summed E-state index contributed by atoms with van der Waals surface area (Å²) in [4.78, 5) is 0. The van der Waals surface area contributed by atoms with Gasteiger partial charge in [0.2, 0.25) is 0 Å². The maximum Gasteiger partial charge on any atom is 0.139 e. The van der Waals surface area contributed by atoms with E-state index in [1.165, 1.54) is 7.11 Å². The second-order valence-electron chi connectivity index (χ2n) is 4.42. The van der Waals surface area contributed by atoms with E-state index < -0.39 is 0 Å². The van der Waals surface area contributed by atoms with E-state index in [4.69, 9.17) is 10.00 Å². The minimum absolute atomic E-state index is 0.254. The van der Waals surface area contributed by atoms with Gasteiger partial charge in [0.25, 0.3) is 0 Å². The SMILES string of the molecule is COc1c(C)cc(-c2cccc(C)c2F)cc1C#N. The molecule has 0 saturated carbocycles. The van der Waals surface area contributed by atoms with Crippen LogP contribution in [0, 0.1) is 31.0 Å². The van der Waals surface area contributed by atoms with Crippen molar-refractivity contribution < 1.29 is 9.13 Å². The van der Waals surface area contributed by atoms with Crippen LogP contribution < -0.4 is 4.74 Å². The van der Waals surface area contributed by atoms with E-state index in [0.717, 1.165) is 5.56 Å². The van der Waals surface area contributed by atoms with Crippen molar-refractivity contribution in [2.24, 2.45) is 0 Å². The van der Waals surface area contributed by atoms with Crippen molar-refractivity contribution in [2.75, 3.05) is 7.11 Å². The van der Waals surface area contributed by atoms with Crippen LogP contribution in [0.25, 0.3) is 11.1 Å². The number of hydrogen-bond donors (Lipinski definition) is 0. The maximum absolute atomic E-state index is 14.1.